The zero-order valence-electron chi connectivity index (χ0n) is 17.2. The molecule has 32 heavy (non-hydrogen) atoms. The number of aromatic nitrogens is 5. The normalized spacial score (nSPS) is 23.2. The van der Waals surface area contributed by atoms with Crippen LogP contribution in [0.1, 0.15) is 18.0 Å². The van der Waals surface area contributed by atoms with Crippen molar-refractivity contribution < 1.29 is 10.2 Å². The van der Waals surface area contributed by atoms with Crippen molar-refractivity contribution in [3.63, 3.8) is 0 Å². The lowest BCUT2D eigenvalue weighted by atomic mass is 10.1. The van der Waals surface area contributed by atoms with Gasteiger partial charge in [0.05, 0.1) is 29.8 Å². The number of aliphatic hydroxyl groups excluding tert-OH is 2. The molecule has 9 nitrogen and oxygen atoms in total. The largest absolute Gasteiger partial charge is 0.390 e. The maximum Gasteiger partial charge on any atom is 0.226 e. The predicted octanol–water partition coefficient (Wildman–Crippen LogP) is 1.82. The topological polar surface area (TPSA) is 141 Å². The third-order valence-electron chi connectivity index (χ3n) is 6.21. The van der Waals surface area contributed by atoms with E-state index >= 15 is 0 Å². The van der Waals surface area contributed by atoms with E-state index < -0.39 is 18.2 Å². The van der Waals surface area contributed by atoms with Gasteiger partial charge in [0.1, 0.15) is 17.6 Å². The summed E-state index contributed by atoms with van der Waals surface area (Å²) in [5.74, 6) is 0.0189. The standard InChI is InChI=1S/C22H24ClN7O2/c23-22-26-20(25)17-14(15-6-7-29(28-15)10-12-4-2-1-3-5-12)11-30(21(17)27-22)16-8-13(9-24)18(31)19(16)32/h1-7,11,13,16,18-19,31-32H,8-10,24H2,(H2,25,26,27)/t13-,16-,18-,19+/m1/s1. The first-order valence-electron chi connectivity index (χ1n) is 10.4. The van der Waals surface area contributed by atoms with Gasteiger partial charge < -0.3 is 26.2 Å². The molecule has 0 aliphatic heterocycles. The molecule has 0 amide bonds. The first-order valence-corrected chi connectivity index (χ1v) is 10.8. The van der Waals surface area contributed by atoms with Crippen LogP contribution in [0.25, 0.3) is 22.3 Å². The number of nitrogens with zero attached hydrogens (tertiary/aromatic N) is 5. The van der Waals surface area contributed by atoms with E-state index in [0.29, 0.717) is 29.7 Å². The highest BCUT2D eigenvalue weighted by molar-refractivity contribution is 6.29. The molecule has 3 heterocycles. The van der Waals surface area contributed by atoms with E-state index in [4.69, 9.17) is 28.2 Å². The molecule has 166 valence electrons. The van der Waals surface area contributed by atoms with Gasteiger partial charge in [-0.25, -0.2) is 4.98 Å². The number of benzene rings is 1. The first-order chi connectivity index (χ1) is 15.5. The molecule has 1 aliphatic rings. The second kappa shape index (κ2) is 8.18. The van der Waals surface area contributed by atoms with Gasteiger partial charge in [-0.05, 0) is 36.2 Å². The van der Waals surface area contributed by atoms with Gasteiger partial charge in [-0.15, -0.1) is 0 Å². The molecule has 1 aromatic carbocycles. The van der Waals surface area contributed by atoms with Gasteiger partial charge in [0, 0.05) is 23.9 Å². The third kappa shape index (κ3) is 3.53. The summed E-state index contributed by atoms with van der Waals surface area (Å²) in [6, 6.07) is 11.5. The van der Waals surface area contributed by atoms with Crippen LogP contribution >= 0.6 is 11.6 Å². The monoisotopic (exact) mass is 453 g/mol. The maximum atomic E-state index is 10.7. The fraction of sp³-hybridized carbons (Fsp3) is 0.318. The van der Waals surface area contributed by atoms with Crippen LogP contribution in [-0.4, -0.2) is 53.3 Å². The van der Waals surface area contributed by atoms with Gasteiger partial charge in [-0.3, -0.25) is 4.68 Å². The Labute approximate surface area is 189 Å². The summed E-state index contributed by atoms with van der Waals surface area (Å²) in [5.41, 5.74) is 15.1. The van der Waals surface area contributed by atoms with Crippen LogP contribution < -0.4 is 11.5 Å². The van der Waals surface area contributed by atoms with Crippen LogP contribution in [0.4, 0.5) is 5.82 Å². The Kier molecular flexibility index (Phi) is 5.34. The summed E-state index contributed by atoms with van der Waals surface area (Å²) in [6.45, 7) is 0.908. The van der Waals surface area contributed by atoms with Gasteiger partial charge in [0.25, 0.3) is 0 Å². The Morgan fingerprint density at radius 2 is 1.88 bits per heavy atom. The lowest BCUT2D eigenvalue weighted by molar-refractivity contribution is 0.00823. The lowest BCUT2D eigenvalue weighted by Gasteiger charge is -2.19. The number of nitrogen functional groups attached to an aromatic ring is 1. The van der Waals surface area contributed by atoms with Crippen LogP contribution in [0.2, 0.25) is 5.28 Å². The van der Waals surface area contributed by atoms with Crippen molar-refractivity contribution >= 4 is 28.5 Å². The van der Waals surface area contributed by atoms with Crippen LogP contribution in [0, 0.1) is 5.92 Å². The van der Waals surface area contributed by atoms with Crippen molar-refractivity contribution in [2.45, 2.75) is 31.2 Å². The molecular formula is C22H24ClN7O2. The molecule has 3 aromatic heterocycles. The summed E-state index contributed by atoms with van der Waals surface area (Å²) in [6.07, 6.45) is 2.35. The van der Waals surface area contributed by atoms with Crippen molar-refractivity contribution in [3.05, 3.63) is 59.6 Å². The summed E-state index contributed by atoms with van der Waals surface area (Å²) in [5, 5.41) is 26.4. The zero-order chi connectivity index (χ0) is 22.4. The molecule has 0 spiro atoms. The summed E-state index contributed by atoms with van der Waals surface area (Å²) in [7, 11) is 0. The molecule has 0 unspecified atom stereocenters. The van der Waals surface area contributed by atoms with Gasteiger partial charge in [-0.1, -0.05) is 30.3 Å². The van der Waals surface area contributed by atoms with E-state index in [2.05, 4.69) is 9.97 Å². The quantitative estimate of drug-likeness (QED) is 0.338. The van der Waals surface area contributed by atoms with E-state index in [0.717, 1.165) is 11.1 Å². The van der Waals surface area contributed by atoms with Gasteiger partial charge in [0.15, 0.2) is 0 Å². The predicted molar refractivity (Wildman–Crippen MR) is 122 cm³/mol. The van der Waals surface area contributed by atoms with Crippen molar-refractivity contribution in [1.29, 1.82) is 0 Å². The average molecular weight is 454 g/mol. The van der Waals surface area contributed by atoms with Crippen molar-refractivity contribution in [2.24, 2.45) is 11.7 Å². The van der Waals surface area contributed by atoms with Crippen LogP contribution in [0.15, 0.2) is 48.8 Å². The smallest absolute Gasteiger partial charge is 0.226 e. The van der Waals surface area contributed by atoms with E-state index in [1.54, 1.807) is 0 Å². The fourth-order valence-electron chi connectivity index (χ4n) is 4.57. The minimum absolute atomic E-state index is 0.0129. The first kappa shape index (κ1) is 20.9. The van der Waals surface area contributed by atoms with E-state index in [-0.39, 0.29) is 23.6 Å². The molecule has 0 radical (unpaired) electrons. The number of fused-ring (bicyclic) bond motifs is 1. The minimum atomic E-state index is -0.988. The van der Waals surface area contributed by atoms with Gasteiger partial charge in [0.2, 0.25) is 5.28 Å². The Balaban J connectivity index is 1.59. The van der Waals surface area contributed by atoms with Crippen molar-refractivity contribution in [2.75, 3.05) is 12.3 Å². The van der Waals surface area contributed by atoms with Crippen LogP contribution in [-0.2, 0) is 6.54 Å². The second-order valence-corrected chi connectivity index (χ2v) is 8.53. The Bertz CT molecular complexity index is 1260. The third-order valence-corrected chi connectivity index (χ3v) is 6.38. The van der Waals surface area contributed by atoms with Gasteiger partial charge >= 0.3 is 0 Å². The Morgan fingerprint density at radius 1 is 1.09 bits per heavy atom. The summed E-state index contributed by atoms with van der Waals surface area (Å²) >= 11 is 6.11. The molecule has 5 rings (SSSR count). The van der Waals surface area contributed by atoms with Gasteiger partial charge in [-0.2, -0.15) is 10.1 Å². The van der Waals surface area contributed by atoms with Crippen LogP contribution in [0.3, 0.4) is 0 Å². The zero-order valence-corrected chi connectivity index (χ0v) is 18.0. The van der Waals surface area contributed by atoms with Crippen LogP contribution in [0.5, 0.6) is 0 Å². The summed E-state index contributed by atoms with van der Waals surface area (Å²) in [4.78, 5) is 8.51. The number of hydrogen-bond acceptors (Lipinski definition) is 7. The maximum absolute atomic E-state index is 10.7. The number of anilines is 1. The molecule has 10 heteroatoms. The number of nitrogens with two attached hydrogens (primary N) is 2. The molecular weight excluding hydrogens is 430 g/mol. The SMILES string of the molecule is NC[C@H]1C[C@@H](n2cc(-c3ccn(Cc4ccccc4)n3)c3c(N)nc(Cl)nc32)[C@H](O)[C@@H]1O. The van der Waals surface area contributed by atoms with E-state index in [1.807, 2.05) is 58.0 Å². The molecule has 4 atom stereocenters. The number of halogens is 1. The van der Waals surface area contributed by atoms with Crippen molar-refractivity contribution in [1.82, 2.24) is 24.3 Å². The van der Waals surface area contributed by atoms with E-state index in [9.17, 15) is 10.2 Å². The minimum Gasteiger partial charge on any atom is -0.390 e. The number of aliphatic hydroxyl groups is 2. The van der Waals surface area contributed by atoms with Crippen molar-refractivity contribution in [3.8, 4) is 11.3 Å². The number of rotatable bonds is 5. The molecule has 0 bridgehead atoms. The summed E-state index contributed by atoms with van der Waals surface area (Å²) < 4.78 is 3.66. The highest BCUT2D eigenvalue weighted by Crippen LogP contribution is 2.41. The molecule has 1 saturated carbocycles. The highest BCUT2D eigenvalue weighted by atomic mass is 35.5. The molecule has 4 aromatic rings. The fourth-order valence-corrected chi connectivity index (χ4v) is 4.74. The molecule has 0 saturated heterocycles. The Morgan fingerprint density at radius 3 is 2.59 bits per heavy atom. The molecule has 1 aliphatic carbocycles. The van der Waals surface area contributed by atoms with E-state index in [1.165, 1.54) is 0 Å². The number of hydrogen-bond donors (Lipinski definition) is 4. The highest BCUT2D eigenvalue weighted by Gasteiger charge is 2.42. The lowest BCUT2D eigenvalue weighted by Crippen LogP contribution is -2.31. The molecule has 6 N–H and O–H groups in total. The second-order valence-electron chi connectivity index (χ2n) is 8.19. The molecule has 1 fully saturated rings. The average Bonchev–Trinajstić information content (AvgIpc) is 3.46. The Hall–Kier alpha value is -2.98.